The largest absolute Gasteiger partial charge is 0.478 e. The standard InChI is InChI=1S/C13H20N2O4S/c1-5-9(4)14-11-6-10(13(16)17)7-12(15-11)20(18,19)8(2)3/h6-9H,5H2,1-4H3,(H,14,15)(H,16,17). The van der Waals surface area contributed by atoms with Gasteiger partial charge in [0.2, 0.25) is 0 Å². The van der Waals surface area contributed by atoms with Crippen LogP contribution in [0.25, 0.3) is 0 Å². The Morgan fingerprint density at radius 1 is 1.35 bits per heavy atom. The van der Waals surface area contributed by atoms with Crippen LogP contribution in [-0.4, -0.2) is 35.8 Å². The highest BCUT2D eigenvalue weighted by Crippen LogP contribution is 2.19. The van der Waals surface area contributed by atoms with E-state index in [-0.39, 0.29) is 22.4 Å². The number of sulfone groups is 1. The van der Waals surface area contributed by atoms with E-state index in [4.69, 9.17) is 5.11 Å². The molecule has 0 aliphatic carbocycles. The first-order chi connectivity index (χ1) is 9.18. The first kappa shape index (κ1) is 16.4. The number of hydrogen-bond donors (Lipinski definition) is 2. The highest BCUT2D eigenvalue weighted by atomic mass is 32.2. The summed E-state index contributed by atoms with van der Waals surface area (Å²) in [5, 5.41) is 11.2. The Bertz CT molecular complexity index is 596. The third kappa shape index (κ3) is 3.69. The van der Waals surface area contributed by atoms with Gasteiger partial charge >= 0.3 is 5.97 Å². The molecular formula is C13H20N2O4S. The second-order valence-electron chi connectivity index (χ2n) is 4.93. The van der Waals surface area contributed by atoms with Gasteiger partial charge in [0.05, 0.1) is 10.8 Å². The predicted octanol–water partition coefficient (Wildman–Crippen LogP) is 2.17. The lowest BCUT2D eigenvalue weighted by molar-refractivity contribution is 0.0696. The Labute approximate surface area is 119 Å². The minimum Gasteiger partial charge on any atom is -0.478 e. The van der Waals surface area contributed by atoms with E-state index in [1.165, 1.54) is 19.9 Å². The first-order valence-electron chi connectivity index (χ1n) is 6.44. The number of nitrogens with one attached hydrogen (secondary N) is 1. The molecule has 0 radical (unpaired) electrons. The van der Waals surface area contributed by atoms with Gasteiger partial charge in [0, 0.05) is 6.04 Å². The summed E-state index contributed by atoms with van der Waals surface area (Å²) >= 11 is 0. The Hall–Kier alpha value is -1.63. The van der Waals surface area contributed by atoms with E-state index in [2.05, 4.69) is 10.3 Å². The quantitative estimate of drug-likeness (QED) is 0.835. The van der Waals surface area contributed by atoms with E-state index in [9.17, 15) is 13.2 Å². The van der Waals surface area contributed by atoms with Gasteiger partial charge in [0.1, 0.15) is 5.82 Å². The zero-order valence-electron chi connectivity index (χ0n) is 12.0. The Morgan fingerprint density at radius 3 is 2.40 bits per heavy atom. The molecule has 1 heterocycles. The van der Waals surface area contributed by atoms with E-state index in [1.54, 1.807) is 0 Å². The van der Waals surface area contributed by atoms with Crippen LogP contribution in [-0.2, 0) is 9.84 Å². The van der Waals surface area contributed by atoms with Crippen molar-refractivity contribution in [2.45, 2.75) is 50.4 Å². The molecular weight excluding hydrogens is 280 g/mol. The summed E-state index contributed by atoms with van der Waals surface area (Å²) in [4.78, 5) is 15.1. The van der Waals surface area contributed by atoms with Crippen LogP contribution in [0.4, 0.5) is 5.82 Å². The number of aromatic nitrogens is 1. The lowest BCUT2D eigenvalue weighted by atomic mass is 10.2. The fraction of sp³-hybridized carbons (Fsp3) is 0.538. The van der Waals surface area contributed by atoms with Gasteiger partial charge in [-0.2, -0.15) is 0 Å². The van der Waals surface area contributed by atoms with Crippen molar-refractivity contribution in [3.63, 3.8) is 0 Å². The van der Waals surface area contributed by atoms with Crippen LogP contribution in [0.3, 0.4) is 0 Å². The minimum absolute atomic E-state index is 0.0705. The average molecular weight is 300 g/mol. The van der Waals surface area contributed by atoms with Crippen LogP contribution in [0.15, 0.2) is 17.2 Å². The van der Waals surface area contributed by atoms with Crippen LogP contribution >= 0.6 is 0 Å². The molecule has 20 heavy (non-hydrogen) atoms. The highest BCUT2D eigenvalue weighted by molar-refractivity contribution is 7.91. The molecule has 0 spiro atoms. The van der Waals surface area contributed by atoms with Gasteiger partial charge in [-0.25, -0.2) is 18.2 Å². The van der Waals surface area contributed by atoms with Gasteiger partial charge in [-0.3, -0.25) is 0 Å². The van der Waals surface area contributed by atoms with Crippen molar-refractivity contribution in [2.24, 2.45) is 0 Å². The van der Waals surface area contributed by atoms with E-state index in [0.717, 1.165) is 12.5 Å². The van der Waals surface area contributed by atoms with E-state index < -0.39 is 21.1 Å². The average Bonchev–Trinajstić information content (AvgIpc) is 2.37. The van der Waals surface area contributed by atoms with Crippen molar-refractivity contribution in [3.8, 4) is 0 Å². The normalized spacial score (nSPS) is 13.2. The van der Waals surface area contributed by atoms with Crippen LogP contribution in [0, 0.1) is 0 Å². The molecule has 1 atom stereocenters. The van der Waals surface area contributed by atoms with Crippen LogP contribution in [0.1, 0.15) is 44.5 Å². The summed E-state index contributed by atoms with van der Waals surface area (Å²) in [6, 6.07) is 2.51. The molecule has 0 bridgehead atoms. The van der Waals surface area contributed by atoms with Crippen LogP contribution in [0.2, 0.25) is 0 Å². The molecule has 0 aromatic carbocycles. The van der Waals surface area contributed by atoms with Crippen molar-refractivity contribution in [1.82, 2.24) is 4.98 Å². The number of aromatic carboxylic acids is 1. The van der Waals surface area contributed by atoms with Crippen LogP contribution < -0.4 is 5.32 Å². The lowest BCUT2D eigenvalue weighted by Crippen LogP contribution is -2.19. The van der Waals surface area contributed by atoms with Gasteiger partial charge in [0.25, 0.3) is 0 Å². The molecule has 0 fully saturated rings. The maximum absolute atomic E-state index is 12.1. The fourth-order valence-electron chi connectivity index (χ4n) is 1.44. The third-order valence-corrected chi connectivity index (χ3v) is 5.00. The molecule has 112 valence electrons. The Balaban J connectivity index is 3.36. The van der Waals surface area contributed by atoms with Crippen molar-refractivity contribution in [2.75, 3.05) is 5.32 Å². The zero-order chi connectivity index (χ0) is 15.5. The fourth-order valence-corrected chi connectivity index (χ4v) is 2.44. The van der Waals surface area contributed by atoms with E-state index in [1.807, 2.05) is 13.8 Å². The van der Waals surface area contributed by atoms with Gasteiger partial charge < -0.3 is 10.4 Å². The number of anilines is 1. The molecule has 0 aliphatic heterocycles. The molecule has 1 rings (SSSR count). The van der Waals surface area contributed by atoms with Gasteiger partial charge in [0.15, 0.2) is 14.9 Å². The van der Waals surface area contributed by atoms with Crippen molar-refractivity contribution in [3.05, 3.63) is 17.7 Å². The zero-order valence-corrected chi connectivity index (χ0v) is 12.9. The molecule has 2 N–H and O–H groups in total. The number of rotatable bonds is 6. The summed E-state index contributed by atoms with van der Waals surface area (Å²) in [6.07, 6.45) is 0.811. The van der Waals surface area contributed by atoms with Crippen molar-refractivity contribution in [1.29, 1.82) is 0 Å². The highest BCUT2D eigenvalue weighted by Gasteiger charge is 2.23. The maximum Gasteiger partial charge on any atom is 0.335 e. The van der Waals surface area contributed by atoms with Crippen LogP contribution in [0.5, 0.6) is 0 Å². The monoisotopic (exact) mass is 300 g/mol. The van der Waals surface area contributed by atoms with Gasteiger partial charge in [-0.15, -0.1) is 0 Å². The molecule has 6 nitrogen and oxygen atoms in total. The van der Waals surface area contributed by atoms with Gasteiger partial charge in [-0.05, 0) is 39.3 Å². The molecule has 0 amide bonds. The van der Waals surface area contributed by atoms with Gasteiger partial charge in [-0.1, -0.05) is 6.92 Å². The first-order valence-corrected chi connectivity index (χ1v) is 7.99. The number of carboxylic acid groups (broad SMARTS) is 1. The summed E-state index contributed by atoms with van der Waals surface area (Å²) in [7, 11) is -3.61. The smallest absolute Gasteiger partial charge is 0.335 e. The van der Waals surface area contributed by atoms with E-state index in [0.29, 0.717) is 0 Å². The number of carbonyl (C=O) groups is 1. The lowest BCUT2D eigenvalue weighted by Gasteiger charge is -2.15. The molecule has 1 aromatic heterocycles. The summed E-state index contributed by atoms with van der Waals surface area (Å²) in [5.41, 5.74) is -0.0926. The third-order valence-electron chi connectivity index (χ3n) is 2.97. The minimum atomic E-state index is -3.61. The number of nitrogens with zero attached hydrogens (tertiary/aromatic N) is 1. The van der Waals surface area contributed by atoms with Crippen molar-refractivity contribution < 1.29 is 18.3 Å². The summed E-state index contributed by atoms with van der Waals surface area (Å²) in [6.45, 7) is 6.94. The number of pyridine rings is 1. The molecule has 1 aromatic rings. The molecule has 0 saturated heterocycles. The predicted molar refractivity (Wildman–Crippen MR) is 76.9 cm³/mol. The second-order valence-corrected chi connectivity index (χ2v) is 7.38. The maximum atomic E-state index is 12.1. The SMILES string of the molecule is CCC(C)Nc1cc(C(=O)O)cc(S(=O)(=O)C(C)C)n1. The van der Waals surface area contributed by atoms with Crippen molar-refractivity contribution >= 4 is 21.6 Å². The molecule has 1 unspecified atom stereocenters. The number of hydrogen-bond acceptors (Lipinski definition) is 5. The second kappa shape index (κ2) is 6.21. The molecule has 7 heteroatoms. The number of carboxylic acids is 1. The van der Waals surface area contributed by atoms with E-state index >= 15 is 0 Å². The molecule has 0 aliphatic rings. The summed E-state index contributed by atoms with van der Waals surface area (Å²) < 4.78 is 24.3. The molecule has 0 saturated carbocycles. The summed E-state index contributed by atoms with van der Waals surface area (Å²) in [5.74, 6) is -0.918. The topological polar surface area (TPSA) is 96.4 Å². The Kier molecular flexibility index (Phi) is 5.10. The Morgan fingerprint density at radius 2 is 1.95 bits per heavy atom.